The molecule has 0 aliphatic heterocycles. The van der Waals surface area contributed by atoms with Crippen molar-refractivity contribution in [1.29, 1.82) is 0 Å². The summed E-state index contributed by atoms with van der Waals surface area (Å²) in [7, 11) is -0.672. The van der Waals surface area contributed by atoms with Crippen molar-refractivity contribution in [1.82, 2.24) is 5.32 Å². The quantitative estimate of drug-likeness (QED) is 0.481. The Morgan fingerprint density at radius 3 is 2.23 bits per heavy atom. The average molecular weight is 380 g/mol. The van der Waals surface area contributed by atoms with Crippen molar-refractivity contribution in [3.63, 3.8) is 0 Å². The Bertz CT molecular complexity index is 554. The molecule has 0 aromatic heterocycles. The summed E-state index contributed by atoms with van der Waals surface area (Å²) in [6, 6.07) is 10.3. The molecule has 0 saturated heterocycles. The first-order chi connectivity index (χ1) is 12.0. The van der Waals surface area contributed by atoms with Gasteiger partial charge in [-0.05, 0) is 37.0 Å². The predicted octanol–water partition coefficient (Wildman–Crippen LogP) is 5.07. The minimum atomic E-state index is -2.11. The summed E-state index contributed by atoms with van der Waals surface area (Å²) in [5.74, 6) is -0.291. The van der Waals surface area contributed by atoms with E-state index in [0.717, 1.165) is 12.8 Å². The monoisotopic (exact) mass is 379 g/mol. The summed E-state index contributed by atoms with van der Waals surface area (Å²) in [6.45, 7) is 15.1. The van der Waals surface area contributed by atoms with E-state index in [9.17, 15) is 4.79 Å². The summed E-state index contributed by atoms with van der Waals surface area (Å²) in [6.07, 6.45) is 1.23. The lowest BCUT2D eigenvalue weighted by molar-refractivity contribution is -0.151. The van der Waals surface area contributed by atoms with Crippen LogP contribution in [-0.2, 0) is 14.0 Å². The van der Waals surface area contributed by atoms with Gasteiger partial charge in [0.15, 0.2) is 14.4 Å². The van der Waals surface area contributed by atoms with Gasteiger partial charge in [0.2, 0.25) is 0 Å². The fourth-order valence-corrected chi connectivity index (χ4v) is 3.95. The van der Waals surface area contributed by atoms with Gasteiger partial charge in [-0.1, -0.05) is 64.4 Å². The fourth-order valence-electron chi connectivity index (χ4n) is 2.70. The number of benzene rings is 1. The molecule has 26 heavy (non-hydrogen) atoms. The van der Waals surface area contributed by atoms with E-state index in [0.29, 0.717) is 0 Å². The van der Waals surface area contributed by atoms with Crippen LogP contribution >= 0.6 is 0 Å². The second-order valence-corrected chi connectivity index (χ2v) is 13.3. The number of carbonyl (C=O) groups is 1. The standard InChI is InChI=1S/C21H37NO3Si/c1-9-13-18(22-16(2)17-14-11-10-12-15-17)19(20(23)24-6)25-26(7,8)21(3,4)5/h10-12,14-16,18-19,22H,9,13H2,1-8H3/t16-,18?,19?/m0/s1. The van der Waals surface area contributed by atoms with Gasteiger partial charge in [0.25, 0.3) is 0 Å². The third kappa shape index (κ3) is 6.22. The molecule has 0 heterocycles. The topological polar surface area (TPSA) is 47.6 Å². The zero-order valence-electron chi connectivity index (χ0n) is 17.8. The molecule has 5 heteroatoms. The van der Waals surface area contributed by atoms with Crippen LogP contribution in [0.15, 0.2) is 30.3 Å². The highest BCUT2D eigenvalue weighted by molar-refractivity contribution is 6.74. The van der Waals surface area contributed by atoms with Crippen molar-refractivity contribution < 1.29 is 14.0 Å². The molecule has 1 aromatic rings. The van der Waals surface area contributed by atoms with E-state index >= 15 is 0 Å². The SMILES string of the molecule is CCCC(N[C@@H](C)c1ccccc1)C(O[Si](C)(C)C(C)(C)C)C(=O)OC. The first kappa shape index (κ1) is 22.9. The van der Waals surface area contributed by atoms with E-state index in [1.807, 2.05) is 18.2 Å². The van der Waals surface area contributed by atoms with Crippen LogP contribution < -0.4 is 5.32 Å². The first-order valence-corrected chi connectivity index (χ1v) is 12.5. The van der Waals surface area contributed by atoms with Crippen molar-refractivity contribution >= 4 is 14.3 Å². The lowest BCUT2D eigenvalue weighted by Gasteiger charge is -2.41. The maximum atomic E-state index is 12.6. The molecule has 148 valence electrons. The van der Waals surface area contributed by atoms with Crippen LogP contribution in [0.1, 0.15) is 59.1 Å². The van der Waals surface area contributed by atoms with Gasteiger partial charge >= 0.3 is 5.97 Å². The number of esters is 1. The van der Waals surface area contributed by atoms with E-state index in [1.54, 1.807) is 0 Å². The molecule has 0 aliphatic rings. The summed E-state index contributed by atoms with van der Waals surface area (Å²) >= 11 is 0. The molecule has 0 spiro atoms. The smallest absolute Gasteiger partial charge is 0.335 e. The van der Waals surface area contributed by atoms with Crippen molar-refractivity contribution in [2.75, 3.05) is 7.11 Å². The highest BCUT2D eigenvalue weighted by atomic mass is 28.4. The molecule has 1 rings (SSSR count). The summed E-state index contributed by atoms with van der Waals surface area (Å²) < 4.78 is 11.6. The molecule has 0 bridgehead atoms. The van der Waals surface area contributed by atoms with E-state index < -0.39 is 14.4 Å². The lowest BCUT2D eigenvalue weighted by Crippen LogP contribution is -2.54. The Labute approximate surface area is 160 Å². The van der Waals surface area contributed by atoms with Gasteiger partial charge in [-0.25, -0.2) is 4.79 Å². The number of methoxy groups -OCH3 is 1. The fraction of sp³-hybridized carbons (Fsp3) is 0.667. The van der Waals surface area contributed by atoms with Gasteiger partial charge < -0.3 is 14.5 Å². The van der Waals surface area contributed by atoms with Crippen LogP contribution in [0.5, 0.6) is 0 Å². The normalized spacial score (nSPS) is 16.0. The summed E-state index contributed by atoms with van der Waals surface area (Å²) in [4.78, 5) is 12.6. The van der Waals surface area contributed by atoms with E-state index in [4.69, 9.17) is 9.16 Å². The van der Waals surface area contributed by atoms with Gasteiger partial charge in [0.1, 0.15) is 0 Å². The van der Waals surface area contributed by atoms with Gasteiger partial charge in [-0.2, -0.15) is 0 Å². The van der Waals surface area contributed by atoms with Crippen molar-refractivity contribution in [2.45, 2.75) is 83.8 Å². The third-order valence-corrected chi connectivity index (χ3v) is 9.85. The number of carbonyl (C=O) groups excluding carboxylic acids is 1. The Hall–Kier alpha value is -1.17. The molecule has 0 saturated carbocycles. The summed E-state index contributed by atoms with van der Waals surface area (Å²) in [5.41, 5.74) is 1.20. The van der Waals surface area contributed by atoms with Crippen molar-refractivity contribution in [2.24, 2.45) is 0 Å². The molecule has 0 amide bonds. The van der Waals surface area contributed by atoms with E-state index in [-0.39, 0.29) is 23.1 Å². The molecule has 0 fully saturated rings. The van der Waals surface area contributed by atoms with Crippen LogP contribution in [0, 0.1) is 0 Å². The maximum Gasteiger partial charge on any atom is 0.335 e. The number of ether oxygens (including phenoxy) is 1. The number of hydrogen-bond acceptors (Lipinski definition) is 4. The highest BCUT2D eigenvalue weighted by Crippen LogP contribution is 2.38. The van der Waals surface area contributed by atoms with E-state index in [1.165, 1.54) is 12.7 Å². The highest BCUT2D eigenvalue weighted by Gasteiger charge is 2.43. The predicted molar refractivity (Wildman–Crippen MR) is 111 cm³/mol. The van der Waals surface area contributed by atoms with Gasteiger partial charge in [0.05, 0.1) is 7.11 Å². The third-order valence-electron chi connectivity index (χ3n) is 5.39. The molecule has 1 N–H and O–H groups in total. The Morgan fingerprint density at radius 1 is 1.19 bits per heavy atom. The summed E-state index contributed by atoms with van der Waals surface area (Å²) in [5, 5.41) is 3.65. The molecular weight excluding hydrogens is 342 g/mol. The average Bonchev–Trinajstić information content (AvgIpc) is 2.58. The van der Waals surface area contributed by atoms with E-state index in [2.05, 4.69) is 65.2 Å². The lowest BCUT2D eigenvalue weighted by atomic mass is 10.0. The van der Waals surface area contributed by atoms with Crippen LogP contribution in [0.3, 0.4) is 0 Å². The molecule has 2 unspecified atom stereocenters. The number of rotatable bonds is 9. The van der Waals surface area contributed by atoms with Gasteiger partial charge in [-0.15, -0.1) is 0 Å². The molecule has 0 radical (unpaired) electrons. The Balaban J connectivity index is 3.07. The first-order valence-electron chi connectivity index (χ1n) is 9.60. The largest absolute Gasteiger partial charge is 0.467 e. The molecule has 3 atom stereocenters. The van der Waals surface area contributed by atoms with Crippen molar-refractivity contribution in [3.8, 4) is 0 Å². The molecular formula is C21H37NO3Si. The molecule has 0 aliphatic carbocycles. The molecule has 1 aromatic carbocycles. The van der Waals surface area contributed by atoms with Crippen LogP contribution in [0.25, 0.3) is 0 Å². The number of hydrogen-bond donors (Lipinski definition) is 1. The zero-order chi connectivity index (χ0) is 20.0. The second kappa shape index (κ2) is 9.67. The van der Waals surface area contributed by atoms with Gasteiger partial charge in [0, 0.05) is 12.1 Å². The minimum Gasteiger partial charge on any atom is -0.467 e. The second-order valence-electron chi connectivity index (χ2n) is 8.52. The van der Waals surface area contributed by atoms with Crippen LogP contribution in [-0.4, -0.2) is 33.5 Å². The van der Waals surface area contributed by atoms with Crippen LogP contribution in [0.4, 0.5) is 0 Å². The van der Waals surface area contributed by atoms with Gasteiger partial charge in [-0.3, -0.25) is 0 Å². The zero-order valence-corrected chi connectivity index (χ0v) is 18.8. The number of nitrogens with one attached hydrogen (secondary N) is 1. The molecule has 4 nitrogen and oxygen atoms in total. The Kier molecular flexibility index (Phi) is 8.51. The van der Waals surface area contributed by atoms with Crippen molar-refractivity contribution in [3.05, 3.63) is 35.9 Å². The maximum absolute atomic E-state index is 12.6. The minimum absolute atomic E-state index is 0.0289. The van der Waals surface area contributed by atoms with Crippen LogP contribution in [0.2, 0.25) is 18.1 Å². The Morgan fingerprint density at radius 2 is 1.77 bits per heavy atom.